The van der Waals surface area contributed by atoms with Gasteiger partial charge >= 0.3 is 15.5 Å². The molecular weight excluding hydrogens is 395 g/mol. The number of amides is 1. The lowest BCUT2D eigenvalue weighted by Gasteiger charge is -2.17. The van der Waals surface area contributed by atoms with Crippen LogP contribution in [0, 0.1) is 6.92 Å². The number of carbonyl (C=O) groups is 1. The number of halogens is 3. The first kappa shape index (κ1) is 21.4. The van der Waals surface area contributed by atoms with Crippen molar-refractivity contribution in [2.45, 2.75) is 19.4 Å². The smallest absolute Gasteiger partial charge is 0.275 e. The minimum Gasteiger partial charge on any atom is -0.275 e. The third-order valence-electron chi connectivity index (χ3n) is 3.73. The number of benzene rings is 2. The quantitative estimate of drug-likeness (QED) is 0.599. The second-order valence-corrected chi connectivity index (χ2v) is 7.65. The lowest BCUT2D eigenvalue weighted by atomic mass is 10.1. The van der Waals surface area contributed by atoms with Crippen LogP contribution >= 0.6 is 0 Å². The molecular formula is C18H18F3N3O3S. The summed E-state index contributed by atoms with van der Waals surface area (Å²) >= 11 is 0. The first-order chi connectivity index (χ1) is 12.9. The first-order valence-corrected chi connectivity index (χ1v) is 9.49. The zero-order valence-electron chi connectivity index (χ0n) is 15.3. The SMILES string of the molecule is C/C(=N\N(C)C(=O)c1ccccc1)c1cc(C)ccc1NS(=O)(=O)C(F)(F)F. The summed E-state index contributed by atoms with van der Waals surface area (Å²) in [4.78, 5) is 12.4. The normalized spacial score (nSPS) is 12.6. The fourth-order valence-corrected chi connectivity index (χ4v) is 2.92. The second-order valence-electron chi connectivity index (χ2n) is 5.98. The van der Waals surface area contributed by atoms with Crippen molar-refractivity contribution in [3.05, 3.63) is 65.2 Å². The van der Waals surface area contributed by atoms with Gasteiger partial charge in [0.15, 0.2) is 0 Å². The van der Waals surface area contributed by atoms with E-state index in [0.717, 1.165) is 5.01 Å². The molecule has 0 fully saturated rings. The summed E-state index contributed by atoms with van der Waals surface area (Å²) in [5, 5.41) is 5.14. The lowest BCUT2D eigenvalue weighted by Crippen LogP contribution is -2.30. The highest BCUT2D eigenvalue weighted by Gasteiger charge is 2.46. The molecule has 0 aliphatic heterocycles. The van der Waals surface area contributed by atoms with Gasteiger partial charge in [-0.15, -0.1) is 0 Å². The zero-order valence-corrected chi connectivity index (χ0v) is 16.1. The number of hydrogen-bond donors (Lipinski definition) is 1. The van der Waals surface area contributed by atoms with E-state index in [9.17, 15) is 26.4 Å². The monoisotopic (exact) mass is 413 g/mol. The van der Waals surface area contributed by atoms with E-state index < -0.39 is 21.4 Å². The molecule has 150 valence electrons. The number of alkyl halides is 3. The molecule has 0 heterocycles. The summed E-state index contributed by atoms with van der Waals surface area (Å²) in [6, 6.07) is 12.5. The van der Waals surface area contributed by atoms with Crippen LogP contribution in [-0.4, -0.2) is 37.6 Å². The number of nitrogens with zero attached hydrogens (tertiary/aromatic N) is 2. The van der Waals surface area contributed by atoms with Gasteiger partial charge in [0.25, 0.3) is 5.91 Å². The van der Waals surface area contributed by atoms with Crippen LogP contribution in [0.5, 0.6) is 0 Å². The molecule has 1 amide bonds. The Bertz CT molecular complexity index is 1000. The van der Waals surface area contributed by atoms with Crippen LogP contribution in [0.2, 0.25) is 0 Å². The van der Waals surface area contributed by atoms with Crippen LogP contribution in [-0.2, 0) is 10.0 Å². The molecule has 0 bridgehead atoms. The molecule has 28 heavy (non-hydrogen) atoms. The average molecular weight is 413 g/mol. The largest absolute Gasteiger partial charge is 0.516 e. The Labute approximate surface area is 160 Å². The van der Waals surface area contributed by atoms with E-state index >= 15 is 0 Å². The number of sulfonamides is 1. The van der Waals surface area contributed by atoms with Crippen molar-refractivity contribution in [2.75, 3.05) is 11.8 Å². The Balaban J connectivity index is 2.39. The number of hydrazone groups is 1. The standard InChI is InChI=1S/C18H18F3N3O3S/c1-12-9-10-16(23-28(26,27)18(19,20)21)15(11-12)13(2)22-24(3)17(25)14-7-5-4-6-8-14/h4-11,23H,1-3H3/b22-13+. The summed E-state index contributed by atoms with van der Waals surface area (Å²) in [6.45, 7) is 3.16. The number of carbonyl (C=O) groups excluding carboxylic acids is 1. The van der Waals surface area contributed by atoms with Crippen LogP contribution in [0.4, 0.5) is 18.9 Å². The van der Waals surface area contributed by atoms with Crippen molar-refractivity contribution in [3.63, 3.8) is 0 Å². The topological polar surface area (TPSA) is 78.8 Å². The summed E-state index contributed by atoms with van der Waals surface area (Å²) < 4.78 is 62.5. The molecule has 6 nitrogen and oxygen atoms in total. The van der Waals surface area contributed by atoms with Crippen molar-refractivity contribution in [3.8, 4) is 0 Å². The molecule has 0 atom stereocenters. The molecule has 0 spiro atoms. The van der Waals surface area contributed by atoms with Crippen molar-refractivity contribution in [1.29, 1.82) is 0 Å². The van der Waals surface area contributed by atoms with Crippen LogP contribution in [0.15, 0.2) is 53.6 Å². The van der Waals surface area contributed by atoms with Crippen molar-refractivity contribution in [1.82, 2.24) is 5.01 Å². The maximum Gasteiger partial charge on any atom is 0.516 e. The minimum absolute atomic E-state index is 0.125. The predicted octanol–water partition coefficient (Wildman–Crippen LogP) is 3.75. The third kappa shape index (κ3) is 4.89. The van der Waals surface area contributed by atoms with Crippen LogP contribution in [0.1, 0.15) is 28.4 Å². The Morgan fingerprint density at radius 2 is 1.71 bits per heavy atom. The van der Waals surface area contributed by atoms with Crippen molar-refractivity contribution >= 4 is 27.3 Å². The molecule has 2 rings (SSSR count). The summed E-state index contributed by atoms with van der Waals surface area (Å²) in [6.07, 6.45) is 0. The van der Waals surface area contributed by atoms with Gasteiger partial charge < -0.3 is 0 Å². The molecule has 0 saturated carbocycles. The molecule has 2 aromatic carbocycles. The van der Waals surface area contributed by atoms with Crippen LogP contribution < -0.4 is 4.72 Å². The van der Waals surface area contributed by atoms with Crippen LogP contribution in [0.3, 0.4) is 0 Å². The molecule has 10 heteroatoms. The van der Waals surface area contributed by atoms with Gasteiger partial charge in [0.1, 0.15) is 0 Å². The van der Waals surface area contributed by atoms with E-state index in [4.69, 9.17) is 0 Å². The highest BCUT2D eigenvalue weighted by Crippen LogP contribution is 2.28. The van der Waals surface area contributed by atoms with Gasteiger partial charge in [-0.3, -0.25) is 9.52 Å². The molecule has 0 aliphatic rings. The number of aryl methyl sites for hydroxylation is 1. The molecule has 1 N–H and O–H groups in total. The van der Waals surface area contributed by atoms with Gasteiger partial charge in [-0.1, -0.05) is 29.8 Å². The number of rotatable bonds is 5. The van der Waals surface area contributed by atoms with Crippen molar-refractivity contribution < 1.29 is 26.4 Å². The Morgan fingerprint density at radius 3 is 2.29 bits per heavy atom. The number of anilines is 1. The summed E-state index contributed by atoms with van der Waals surface area (Å²) in [5.74, 6) is -0.426. The molecule has 2 aromatic rings. The Kier molecular flexibility index (Phi) is 6.13. The maximum atomic E-state index is 12.7. The van der Waals surface area contributed by atoms with E-state index in [1.807, 2.05) is 0 Å². The van der Waals surface area contributed by atoms with Crippen LogP contribution in [0.25, 0.3) is 0 Å². The zero-order chi connectivity index (χ0) is 21.1. The van der Waals surface area contributed by atoms with E-state index in [1.165, 1.54) is 36.9 Å². The number of hydrogen-bond acceptors (Lipinski definition) is 4. The predicted molar refractivity (Wildman–Crippen MR) is 101 cm³/mol. The fraction of sp³-hybridized carbons (Fsp3) is 0.222. The molecule has 0 radical (unpaired) electrons. The lowest BCUT2D eigenvalue weighted by molar-refractivity contribution is -0.0429. The van der Waals surface area contributed by atoms with Gasteiger partial charge in [-0.25, -0.2) is 5.01 Å². The van der Waals surface area contributed by atoms with Gasteiger partial charge in [0.05, 0.1) is 11.4 Å². The second kappa shape index (κ2) is 8.01. The maximum absolute atomic E-state index is 12.7. The summed E-state index contributed by atoms with van der Waals surface area (Å²) in [5.41, 5.74) is -4.40. The van der Waals surface area contributed by atoms with Gasteiger partial charge in [-0.05, 0) is 38.1 Å². The fourth-order valence-electron chi connectivity index (χ4n) is 2.34. The van der Waals surface area contributed by atoms with Crippen molar-refractivity contribution in [2.24, 2.45) is 5.10 Å². The molecule has 0 aromatic heterocycles. The van der Waals surface area contributed by atoms with Gasteiger partial charge in [0, 0.05) is 18.2 Å². The van der Waals surface area contributed by atoms with Gasteiger partial charge in [-0.2, -0.15) is 26.7 Å². The summed E-state index contributed by atoms with van der Waals surface area (Å²) in [7, 11) is -4.20. The highest BCUT2D eigenvalue weighted by atomic mass is 32.2. The van der Waals surface area contributed by atoms with E-state index in [0.29, 0.717) is 11.1 Å². The van der Waals surface area contributed by atoms with E-state index in [2.05, 4.69) is 5.10 Å². The van der Waals surface area contributed by atoms with E-state index in [1.54, 1.807) is 37.3 Å². The highest BCUT2D eigenvalue weighted by molar-refractivity contribution is 7.93. The van der Waals surface area contributed by atoms with Gasteiger partial charge in [0.2, 0.25) is 0 Å². The third-order valence-corrected chi connectivity index (χ3v) is 4.83. The molecule has 0 saturated heterocycles. The molecule has 0 aliphatic carbocycles. The number of nitrogens with one attached hydrogen (secondary N) is 1. The first-order valence-electron chi connectivity index (χ1n) is 8.01. The van der Waals surface area contributed by atoms with E-state index in [-0.39, 0.29) is 17.0 Å². The Hall–Kier alpha value is -2.88. The minimum atomic E-state index is -5.59. The molecule has 0 unspecified atom stereocenters. The Morgan fingerprint density at radius 1 is 1.11 bits per heavy atom. The average Bonchev–Trinajstić information content (AvgIpc) is 2.62.